The van der Waals surface area contributed by atoms with Gasteiger partial charge in [-0.05, 0) is 23.1 Å². The van der Waals surface area contributed by atoms with Gasteiger partial charge < -0.3 is 29.0 Å². The molecule has 0 saturated carbocycles. The molecule has 0 unspecified atom stereocenters. The SMILES string of the molecule is C=CCO[C@H]1O[C@H](COCc2ccccc2)[C@@H](OP2(=O)OCc3ccccc3CO2)[C@H](OCCCCCCCCCCCCCC)[C@H]1NC(=O)OCC(Cl)(Cl)Cl. The van der Waals surface area contributed by atoms with Crippen molar-refractivity contribution >= 4 is 48.7 Å². The van der Waals surface area contributed by atoms with Crippen LogP contribution in [0.25, 0.3) is 0 Å². The Morgan fingerprint density at radius 2 is 1.45 bits per heavy atom. The molecule has 0 spiro atoms. The smallest absolute Gasteiger partial charge is 0.445 e. The Hall–Kier alpha value is -1.73. The first kappa shape index (κ1) is 47.0. The van der Waals surface area contributed by atoms with E-state index in [1.165, 1.54) is 51.4 Å². The zero-order valence-electron chi connectivity index (χ0n) is 32.5. The predicted octanol–water partition coefficient (Wildman–Crippen LogP) is 10.9. The van der Waals surface area contributed by atoms with Crippen LogP contribution in [0.4, 0.5) is 4.79 Å². The van der Waals surface area contributed by atoms with Gasteiger partial charge in [-0.3, -0.25) is 13.6 Å². The molecule has 56 heavy (non-hydrogen) atoms. The van der Waals surface area contributed by atoms with Crippen molar-refractivity contribution in [3.8, 4) is 0 Å². The summed E-state index contributed by atoms with van der Waals surface area (Å²) in [4.78, 5) is 13.2. The second-order valence-electron chi connectivity index (χ2n) is 14.1. The molecule has 1 fully saturated rings. The minimum Gasteiger partial charge on any atom is -0.445 e. The number of halogens is 3. The molecule has 2 heterocycles. The minimum atomic E-state index is -4.25. The second-order valence-corrected chi connectivity index (χ2v) is 18.2. The molecule has 4 rings (SSSR count). The Morgan fingerprint density at radius 3 is 2.04 bits per heavy atom. The van der Waals surface area contributed by atoms with E-state index >= 15 is 0 Å². The van der Waals surface area contributed by atoms with Gasteiger partial charge in [0.1, 0.15) is 31.0 Å². The number of ether oxygens (including phenoxy) is 5. The molecule has 0 bridgehead atoms. The first-order chi connectivity index (χ1) is 27.1. The van der Waals surface area contributed by atoms with E-state index in [1.807, 2.05) is 54.6 Å². The lowest BCUT2D eigenvalue weighted by Gasteiger charge is -2.46. The van der Waals surface area contributed by atoms with Crippen LogP contribution >= 0.6 is 42.6 Å². The van der Waals surface area contributed by atoms with Crippen molar-refractivity contribution < 1.29 is 46.6 Å². The number of amides is 1. The highest BCUT2D eigenvalue weighted by Crippen LogP contribution is 2.55. The van der Waals surface area contributed by atoms with Crippen molar-refractivity contribution in [2.75, 3.05) is 26.4 Å². The standard InChI is InChI=1S/C41H59Cl3NO10P/c1-3-5-6-7-8-9-10-11-12-13-14-20-26-49-38-36(45-40(46)51-31-41(42,43)44)39(50-25-4-2)54-35(30-48-27-32-21-16-15-17-22-32)37(38)55-56(47)52-28-33-23-18-19-24-34(33)29-53-56/h4,15-19,21-24,35-39H,2-3,5-14,20,25-31H2,1H3,(H,45,46)/t35-,36-,37-,38-,39+/m1/s1. The van der Waals surface area contributed by atoms with E-state index in [0.29, 0.717) is 6.61 Å². The summed E-state index contributed by atoms with van der Waals surface area (Å²) in [7, 11) is -4.25. The third-order valence-electron chi connectivity index (χ3n) is 9.50. The molecule has 1 amide bonds. The summed E-state index contributed by atoms with van der Waals surface area (Å²) >= 11 is 17.6. The van der Waals surface area contributed by atoms with E-state index in [-0.39, 0.29) is 33.0 Å². The maximum Gasteiger partial charge on any atom is 0.475 e. The second kappa shape index (κ2) is 25.7. The van der Waals surface area contributed by atoms with Crippen LogP contribution in [-0.4, -0.2) is 67.0 Å². The van der Waals surface area contributed by atoms with Crippen LogP contribution in [-0.2, 0) is 61.6 Å². The lowest BCUT2D eigenvalue weighted by molar-refractivity contribution is -0.274. The number of rotatable bonds is 25. The van der Waals surface area contributed by atoms with E-state index in [0.717, 1.165) is 42.4 Å². The maximum absolute atomic E-state index is 14.3. The molecule has 0 radical (unpaired) electrons. The molecule has 2 aliphatic heterocycles. The highest BCUT2D eigenvalue weighted by molar-refractivity contribution is 7.48. The van der Waals surface area contributed by atoms with Gasteiger partial charge in [0.25, 0.3) is 0 Å². The number of unbranched alkanes of at least 4 members (excludes halogenated alkanes) is 11. The zero-order chi connectivity index (χ0) is 40.1. The van der Waals surface area contributed by atoms with Crippen molar-refractivity contribution in [3.63, 3.8) is 0 Å². The van der Waals surface area contributed by atoms with E-state index in [4.69, 9.17) is 72.1 Å². The molecule has 314 valence electrons. The van der Waals surface area contributed by atoms with Crippen LogP contribution in [0.15, 0.2) is 67.3 Å². The number of nitrogens with one attached hydrogen (secondary N) is 1. The number of carbonyl (C=O) groups excluding carboxylic acids is 1. The lowest BCUT2D eigenvalue weighted by atomic mass is 9.96. The molecule has 11 nitrogen and oxygen atoms in total. The highest BCUT2D eigenvalue weighted by Gasteiger charge is 2.52. The Morgan fingerprint density at radius 1 is 0.857 bits per heavy atom. The topological polar surface area (TPSA) is 120 Å². The third kappa shape index (κ3) is 17.2. The molecule has 2 aromatic rings. The average Bonchev–Trinajstić information content (AvgIpc) is 3.35. The van der Waals surface area contributed by atoms with Crippen LogP contribution in [0.2, 0.25) is 0 Å². The van der Waals surface area contributed by atoms with Crippen LogP contribution in [0.5, 0.6) is 0 Å². The fourth-order valence-corrected chi connectivity index (χ4v) is 8.07. The quantitative estimate of drug-likeness (QED) is 0.0447. The molecule has 2 aliphatic rings. The van der Waals surface area contributed by atoms with Gasteiger partial charge in [0.05, 0.1) is 33.0 Å². The van der Waals surface area contributed by atoms with Crippen molar-refractivity contribution in [3.05, 3.63) is 83.9 Å². The van der Waals surface area contributed by atoms with Crippen LogP contribution in [0, 0.1) is 0 Å². The summed E-state index contributed by atoms with van der Waals surface area (Å²) in [5.74, 6) is 0. The first-order valence-corrected chi connectivity index (χ1v) is 22.5. The molecular weight excluding hydrogens is 804 g/mol. The Kier molecular flexibility index (Phi) is 21.5. The van der Waals surface area contributed by atoms with Crippen molar-refractivity contribution in [2.24, 2.45) is 0 Å². The van der Waals surface area contributed by atoms with E-state index in [1.54, 1.807) is 6.08 Å². The van der Waals surface area contributed by atoms with Gasteiger partial charge in [-0.25, -0.2) is 9.36 Å². The fourth-order valence-electron chi connectivity index (χ4n) is 6.56. The van der Waals surface area contributed by atoms with Crippen LogP contribution in [0.1, 0.15) is 101 Å². The number of carbonyl (C=O) groups is 1. The number of hydrogen-bond acceptors (Lipinski definition) is 10. The molecule has 2 aromatic carbocycles. The van der Waals surface area contributed by atoms with Gasteiger partial charge in [0, 0.05) is 6.61 Å². The number of alkyl halides is 3. The Bertz CT molecular complexity index is 1440. The first-order valence-electron chi connectivity index (χ1n) is 19.9. The van der Waals surface area contributed by atoms with Gasteiger partial charge in [-0.2, -0.15) is 0 Å². The van der Waals surface area contributed by atoms with E-state index < -0.39 is 55.0 Å². The number of fused-ring (bicyclic) bond motifs is 1. The summed E-state index contributed by atoms with van der Waals surface area (Å²) in [5.41, 5.74) is 2.59. The van der Waals surface area contributed by atoms with Gasteiger partial charge in [-0.1, -0.05) is 173 Å². The molecule has 15 heteroatoms. The largest absolute Gasteiger partial charge is 0.475 e. The lowest BCUT2D eigenvalue weighted by Crippen LogP contribution is -2.66. The number of benzene rings is 2. The van der Waals surface area contributed by atoms with E-state index in [2.05, 4.69) is 18.8 Å². The summed E-state index contributed by atoms with van der Waals surface area (Å²) < 4.78 is 61.0. The zero-order valence-corrected chi connectivity index (χ0v) is 35.6. The van der Waals surface area contributed by atoms with Gasteiger partial charge in [0.2, 0.25) is 3.79 Å². The summed E-state index contributed by atoms with van der Waals surface area (Å²) in [5, 5.41) is 2.77. The fraction of sp³-hybridized carbons (Fsp3) is 0.634. The summed E-state index contributed by atoms with van der Waals surface area (Å²) in [6.45, 7) is 6.10. The van der Waals surface area contributed by atoms with Crippen LogP contribution in [0.3, 0.4) is 0 Å². The maximum atomic E-state index is 14.3. The Balaban J connectivity index is 1.51. The van der Waals surface area contributed by atoms with Crippen molar-refractivity contribution in [1.29, 1.82) is 0 Å². The molecule has 1 N–H and O–H groups in total. The Labute approximate surface area is 347 Å². The highest BCUT2D eigenvalue weighted by atomic mass is 35.6. The van der Waals surface area contributed by atoms with E-state index in [9.17, 15) is 9.36 Å². The van der Waals surface area contributed by atoms with Crippen molar-refractivity contribution in [1.82, 2.24) is 5.32 Å². The third-order valence-corrected chi connectivity index (χ3v) is 11.2. The summed E-state index contributed by atoms with van der Waals surface area (Å²) in [6, 6.07) is 16.1. The molecule has 1 saturated heterocycles. The van der Waals surface area contributed by atoms with Crippen molar-refractivity contribution in [2.45, 2.75) is 138 Å². The number of alkyl carbamates (subject to hydrolysis) is 1. The predicted molar refractivity (Wildman–Crippen MR) is 219 cm³/mol. The van der Waals surface area contributed by atoms with Gasteiger partial charge >= 0.3 is 13.9 Å². The van der Waals surface area contributed by atoms with Crippen LogP contribution < -0.4 is 5.32 Å². The average molecular weight is 863 g/mol. The molecular formula is C41H59Cl3NO10P. The molecule has 5 atom stereocenters. The molecule has 0 aromatic heterocycles. The minimum absolute atomic E-state index is 0.00329. The van der Waals surface area contributed by atoms with Gasteiger partial charge in [-0.15, -0.1) is 6.58 Å². The number of hydrogen-bond donors (Lipinski definition) is 1. The van der Waals surface area contributed by atoms with Gasteiger partial charge in [0.15, 0.2) is 6.29 Å². The molecule has 0 aliphatic carbocycles. The summed E-state index contributed by atoms with van der Waals surface area (Å²) in [6.07, 6.45) is 10.6. The number of phosphoric ester groups is 1. The monoisotopic (exact) mass is 861 g/mol. The number of phosphoric acid groups is 1. The normalized spacial score (nSPS) is 22.2.